The highest BCUT2D eigenvalue weighted by molar-refractivity contribution is 7.88. The molecule has 0 N–H and O–H groups in total. The molecule has 28 heavy (non-hydrogen) atoms. The van der Waals surface area contributed by atoms with Crippen LogP contribution in [0.4, 0.5) is 0 Å². The van der Waals surface area contributed by atoms with Crippen LogP contribution in [-0.2, 0) is 10.0 Å². The number of rotatable bonds is 4. The van der Waals surface area contributed by atoms with Crippen LogP contribution in [0.15, 0.2) is 48.7 Å². The van der Waals surface area contributed by atoms with E-state index in [1.807, 2.05) is 53.6 Å². The summed E-state index contributed by atoms with van der Waals surface area (Å²) in [7, 11) is -3.31. The number of carbonyl (C=O) groups is 1. The molecule has 148 valence electrons. The number of nitrogens with zero attached hydrogens (tertiary/aromatic N) is 3. The Morgan fingerprint density at radius 1 is 1.00 bits per heavy atom. The second-order valence-corrected chi connectivity index (χ2v) is 10.3. The Kier molecular flexibility index (Phi) is 4.14. The molecule has 0 bridgehead atoms. The van der Waals surface area contributed by atoms with Crippen LogP contribution in [0.25, 0.3) is 0 Å². The summed E-state index contributed by atoms with van der Waals surface area (Å²) >= 11 is 0. The van der Waals surface area contributed by atoms with Crippen LogP contribution < -0.4 is 0 Å². The highest BCUT2D eigenvalue weighted by atomic mass is 32.2. The van der Waals surface area contributed by atoms with Gasteiger partial charge in [-0.3, -0.25) is 4.79 Å². The number of likely N-dealkylation sites (tertiary alicyclic amines) is 1. The van der Waals surface area contributed by atoms with Crippen LogP contribution in [0.5, 0.6) is 0 Å². The molecule has 3 heterocycles. The summed E-state index contributed by atoms with van der Waals surface area (Å²) in [6, 6.07) is 13.9. The number of fused-ring (bicyclic) bond motifs is 1. The minimum atomic E-state index is -3.31. The van der Waals surface area contributed by atoms with E-state index in [9.17, 15) is 13.2 Å². The average molecular weight is 400 g/mol. The number of aromatic nitrogens is 1. The number of sulfonamides is 1. The fraction of sp³-hybridized carbons (Fsp3) is 0.476. The third-order valence-electron chi connectivity index (χ3n) is 6.41. The largest absolute Gasteiger partial charge is 0.340 e. The highest BCUT2D eigenvalue weighted by Gasteiger charge is 2.51. The van der Waals surface area contributed by atoms with Crippen LogP contribution in [0.2, 0.25) is 0 Å². The second kappa shape index (κ2) is 6.46. The van der Waals surface area contributed by atoms with Crippen molar-refractivity contribution < 1.29 is 13.2 Å². The molecule has 2 saturated heterocycles. The molecular weight excluding hydrogens is 374 g/mol. The van der Waals surface area contributed by atoms with Crippen LogP contribution in [0.1, 0.15) is 41.0 Å². The van der Waals surface area contributed by atoms with Crippen molar-refractivity contribution >= 4 is 15.9 Å². The summed E-state index contributed by atoms with van der Waals surface area (Å²) in [6.07, 6.45) is 5.56. The van der Waals surface area contributed by atoms with Crippen molar-refractivity contribution in [3.05, 3.63) is 59.9 Å². The molecule has 7 heteroatoms. The fourth-order valence-electron chi connectivity index (χ4n) is 4.98. The fourth-order valence-corrected chi connectivity index (χ4v) is 6.14. The van der Waals surface area contributed by atoms with Crippen LogP contribution in [0, 0.1) is 11.8 Å². The van der Waals surface area contributed by atoms with Gasteiger partial charge in [-0.1, -0.05) is 30.3 Å². The third-order valence-corrected chi connectivity index (χ3v) is 7.64. The molecule has 2 aromatic rings. The predicted molar refractivity (Wildman–Crippen MR) is 106 cm³/mol. The van der Waals surface area contributed by atoms with E-state index in [4.69, 9.17) is 0 Å². The van der Waals surface area contributed by atoms with E-state index in [0.717, 1.165) is 24.1 Å². The van der Waals surface area contributed by atoms with Crippen molar-refractivity contribution in [2.75, 3.05) is 25.9 Å². The Bertz CT molecular complexity index is 997. The van der Waals surface area contributed by atoms with Gasteiger partial charge in [0, 0.05) is 37.8 Å². The number of amides is 1. The van der Waals surface area contributed by atoms with Gasteiger partial charge in [-0.2, -0.15) is 4.31 Å². The molecule has 3 atom stereocenters. The topological polar surface area (TPSA) is 62.6 Å². The van der Waals surface area contributed by atoms with E-state index < -0.39 is 10.0 Å². The molecule has 1 aromatic carbocycles. The molecular formula is C21H25N3O3S. The van der Waals surface area contributed by atoms with Crippen LogP contribution in [0.3, 0.4) is 0 Å². The maximum atomic E-state index is 13.2. The van der Waals surface area contributed by atoms with E-state index in [1.54, 1.807) is 4.31 Å². The first kappa shape index (κ1) is 17.9. The van der Waals surface area contributed by atoms with E-state index in [0.29, 0.717) is 25.7 Å². The molecule has 2 aliphatic heterocycles. The Hall–Kier alpha value is -2.12. The van der Waals surface area contributed by atoms with E-state index in [1.165, 1.54) is 6.26 Å². The lowest BCUT2D eigenvalue weighted by molar-refractivity contribution is 0.0763. The molecule has 0 spiro atoms. The van der Waals surface area contributed by atoms with Gasteiger partial charge in [0.1, 0.15) is 5.69 Å². The Morgan fingerprint density at radius 2 is 1.75 bits per heavy atom. The quantitative estimate of drug-likeness (QED) is 0.794. The first-order chi connectivity index (χ1) is 13.4. The van der Waals surface area contributed by atoms with Gasteiger partial charge in [0.15, 0.2) is 0 Å². The first-order valence-electron chi connectivity index (χ1n) is 9.91. The monoisotopic (exact) mass is 399 g/mol. The first-order valence-corrected chi connectivity index (χ1v) is 11.8. The van der Waals surface area contributed by atoms with Crippen molar-refractivity contribution in [2.24, 2.45) is 11.8 Å². The third kappa shape index (κ3) is 2.97. The van der Waals surface area contributed by atoms with E-state index in [-0.39, 0.29) is 23.8 Å². The Morgan fingerprint density at radius 3 is 2.43 bits per heavy atom. The second-order valence-electron chi connectivity index (χ2n) is 8.35. The van der Waals surface area contributed by atoms with E-state index >= 15 is 0 Å². The molecule has 5 rings (SSSR count). The van der Waals surface area contributed by atoms with Crippen molar-refractivity contribution in [3.8, 4) is 0 Å². The smallest absolute Gasteiger partial charge is 0.270 e. The lowest BCUT2D eigenvalue weighted by Crippen LogP contribution is -2.37. The number of hydrogen-bond donors (Lipinski definition) is 0. The summed E-state index contributed by atoms with van der Waals surface area (Å²) in [5.41, 5.74) is 1.77. The summed E-state index contributed by atoms with van der Waals surface area (Å²) in [4.78, 5) is 15.1. The van der Waals surface area contributed by atoms with Crippen molar-refractivity contribution in [2.45, 2.75) is 24.9 Å². The maximum Gasteiger partial charge on any atom is 0.270 e. The van der Waals surface area contributed by atoms with Gasteiger partial charge >= 0.3 is 0 Å². The zero-order chi connectivity index (χ0) is 19.5. The van der Waals surface area contributed by atoms with Crippen LogP contribution in [-0.4, -0.2) is 54.0 Å². The van der Waals surface area contributed by atoms with Crippen molar-refractivity contribution in [1.82, 2.24) is 13.8 Å². The molecule has 0 unspecified atom stereocenters. The van der Waals surface area contributed by atoms with Gasteiger partial charge in [-0.15, -0.1) is 0 Å². The number of carbonyl (C=O) groups excluding carboxylic acids is 1. The minimum absolute atomic E-state index is 0.0732. The molecule has 0 radical (unpaired) electrons. The zero-order valence-electron chi connectivity index (χ0n) is 15.9. The van der Waals surface area contributed by atoms with Crippen molar-refractivity contribution in [3.63, 3.8) is 0 Å². The van der Waals surface area contributed by atoms with Gasteiger partial charge < -0.3 is 9.47 Å². The normalized spacial score (nSPS) is 27.9. The molecule has 1 aliphatic carbocycles. The van der Waals surface area contributed by atoms with Gasteiger partial charge in [-0.05, 0) is 36.5 Å². The molecule has 1 saturated carbocycles. The SMILES string of the molecule is CS(=O)(=O)N1C[C@H]2CN(C(=O)c3cccn3C3CC3)C[C@H]2[C@@H]1c1ccccc1. The predicted octanol–water partition coefficient (Wildman–Crippen LogP) is 2.53. The standard InChI is InChI=1S/C21H25N3O3S/c1-28(26,27)24-13-16-12-22(14-18(16)20(24)15-6-3-2-4-7-15)21(25)19-8-5-11-23(19)17-9-10-17/h2-8,11,16-18,20H,9-10,12-14H2,1H3/t16-,18-,20+/m1/s1. The van der Waals surface area contributed by atoms with Crippen LogP contribution >= 0.6 is 0 Å². The molecule has 3 aliphatic rings. The average Bonchev–Trinajstić information content (AvgIpc) is 3.10. The Balaban J connectivity index is 1.42. The summed E-state index contributed by atoms with van der Waals surface area (Å²) in [5.74, 6) is 0.377. The zero-order valence-corrected chi connectivity index (χ0v) is 16.8. The summed E-state index contributed by atoms with van der Waals surface area (Å²) in [5, 5.41) is 0. The van der Waals surface area contributed by atoms with Crippen molar-refractivity contribution in [1.29, 1.82) is 0 Å². The molecule has 1 amide bonds. The Labute approximate surface area is 165 Å². The maximum absolute atomic E-state index is 13.2. The molecule has 1 aromatic heterocycles. The minimum Gasteiger partial charge on any atom is -0.340 e. The highest BCUT2D eigenvalue weighted by Crippen LogP contribution is 2.46. The summed E-state index contributed by atoms with van der Waals surface area (Å²) in [6.45, 7) is 1.70. The lowest BCUT2D eigenvalue weighted by atomic mass is 9.90. The van der Waals surface area contributed by atoms with Gasteiger partial charge in [0.05, 0.1) is 12.3 Å². The molecule has 3 fully saturated rings. The van der Waals surface area contributed by atoms with Gasteiger partial charge in [0.25, 0.3) is 5.91 Å². The van der Waals surface area contributed by atoms with Gasteiger partial charge in [0.2, 0.25) is 10.0 Å². The van der Waals surface area contributed by atoms with E-state index in [2.05, 4.69) is 4.57 Å². The summed E-state index contributed by atoms with van der Waals surface area (Å²) < 4.78 is 28.6. The lowest BCUT2D eigenvalue weighted by Gasteiger charge is -2.28. The molecule has 6 nitrogen and oxygen atoms in total. The van der Waals surface area contributed by atoms with Gasteiger partial charge in [-0.25, -0.2) is 8.42 Å². The number of hydrogen-bond acceptors (Lipinski definition) is 3. The number of benzene rings is 1.